The van der Waals surface area contributed by atoms with Gasteiger partial charge >= 0.3 is 11.4 Å². The van der Waals surface area contributed by atoms with Gasteiger partial charge in [-0.05, 0) is 36.2 Å². The summed E-state index contributed by atoms with van der Waals surface area (Å²) in [6.45, 7) is 3.06. The molecule has 1 aromatic heterocycles. The molecule has 0 aliphatic heterocycles. The van der Waals surface area contributed by atoms with E-state index in [4.69, 9.17) is 9.15 Å². The lowest BCUT2D eigenvalue weighted by Gasteiger charge is -2.09. The highest BCUT2D eigenvalue weighted by atomic mass is 16.5. The summed E-state index contributed by atoms with van der Waals surface area (Å²) in [5.41, 5.74) is 0.889. The molecule has 3 aromatic rings. The van der Waals surface area contributed by atoms with Crippen molar-refractivity contribution in [3.63, 3.8) is 0 Å². The molecule has 5 heteroatoms. The van der Waals surface area contributed by atoms with Gasteiger partial charge in [-0.2, -0.15) is 0 Å². The maximum Gasteiger partial charge on any atom is 0.422 e. The Hall–Kier alpha value is -2.82. The van der Waals surface area contributed by atoms with Crippen molar-refractivity contribution in [1.82, 2.24) is 4.57 Å². The molecular formula is C18H17NO4. The summed E-state index contributed by atoms with van der Waals surface area (Å²) in [6, 6.07) is 14.5. The summed E-state index contributed by atoms with van der Waals surface area (Å²) >= 11 is 0. The molecule has 0 bridgehead atoms. The number of hydrogen-bond acceptors (Lipinski definition) is 4. The maximum atomic E-state index is 12.0. The van der Waals surface area contributed by atoms with E-state index >= 15 is 0 Å². The second-order valence-corrected chi connectivity index (χ2v) is 5.25. The predicted molar refractivity (Wildman–Crippen MR) is 88.1 cm³/mol. The van der Waals surface area contributed by atoms with Gasteiger partial charge in [0, 0.05) is 0 Å². The third kappa shape index (κ3) is 3.18. The van der Waals surface area contributed by atoms with E-state index in [2.05, 4.69) is 6.92 Å². The van der Waals surface area contributed by atoms with Crippen LogP contribution in [0.4, 0.5) is 0 Å². The van der Waals surface area contributed by atoms with Gasteiger partial charge in [0.25, 0.3) is 0 Å². The molecule has 0 atom stereocenters. The molecule has 0 aliphatic rings. The van der Waals surface area contributed by atoms with E-state index in [0.29, 0.717) is 24.1 Å². The van der Waals surface area contributed by atoms with Gasteiger partial charge in [0.1, 0.15) is 5.75 Å². The van der Waals surface area contributed by atoms with Crippen LogP contribution in [0.15, 0.2) is 62.5 Å². The zero-order valence-corrected chi connectivity index (χ0v) is 12.8. The minimum Gasteiger partial charge on any atom is -0.494 e. The summed E-state index contributed by atoms with van der Waals surface area (Å²) in [5, 5.41) is 0.398. The fourth-order valence-corrected chi connectivity index (χ4v) is 2.41. The lowest BCUT2D eigenvalue weighted by molar-refractivity contribution is 0.317. The number of fused-ring (bicyclic) bond motifs is 1. The standard InChI is InChI=1S/C18H17NO4/c1-2-11-22-14-9-7-13(8-10-14)12-19-16-6-4-3-5-15(16)17(20)23-18(19)21/h3-10H,2,11-12H2,1H3. The Morgan fingerprint density at radius 2 is 1.78 bits per heavy atom. The first-order chi connectivity index (χ1) is 11.2. The molecule has 0 saturated heterocycles. The third-order valence-corrected chi connectivity index (χ3v) is 3.55. The van der Waals surface area contributed by atoms with Crippen LogP contribution in [0, 0.1) is 0 Å². The van der Waals surface area contributed by atoms with Crippen LogP contribution in [-0.2, 0) is 6.54 Å². The van der Waals surface area contributed by atoms with E-state index in [1.54, 1.807) is 24.3 Å². The first kappa shape index (κ1) is 15.1. The largest absolute Gasteiger partial charge is 0.494 e. The van der Waals surface area contributed by atoms with E-state index in [1.807, 2.05) is 24.3 Å². The average molecular weight is 311 g/mol. The second-order valence-electron chi connectivity index (χ2n) is 5.25. The topological polar surface area (TPSA) is 61.4 Å². The Kier molecular flexibility index (Phi) is 4.28. The number of nitrogens with zero attached hydrogens (tertiary/aromatic N) is 1. The quantitative estimate of drug-likeness (QED) is 0.727. The van der Waals surface area contributed by atoms with Crippen molar-refractivity contribution in [2.45, 2.75) is 19.9 Å². The summed E-state index contributed by atoms with van der Waals surface area (Å²) in [4.78, 5) is 23.8. The molecular weight excluding hydrogens is 294 g/mol. The predicted octanol–water partition coefficient (Wildman–Crippen LogP) is 2.79. The van der Waals surface area contributed by atoms with Gasteiger partial charge in [0.2, 0.25) is 0 Å². The molecule has 0 fully saturated rings. The molecule has 0 N–H and O–H groups in total. The normalized spacial score (nSPS) is 10.8. The Labute approximate surface area is 132 Å². The van der Waals surface area contributed by atoms with E-state index in [9.17, 15) is 9.59 Å². The van der Waals surface area contributed by atoms with Gasteiger partial charge in [0.15, 0.2) is 0 Å². The van der Waals surface area contributed by atoms with Crippen molar-refractivity contribution in [3.05, 3.63) is 75.1 Å². The minimum atomic E-state index is -0.653. The summed E-state index contributed by atoms with van der Waals surface area (Å²) in [6.07, 6.45) is 0.951. The van der Waals surface area contributed by atoms with Crippen molar-refractivity contribution in [2.75, 3.05) is 6.61 Å². The van der Waals surface area contributed by atoms with E-state index in [-0.39, 0.29) is 0 Å². The smallest absolute Gasteiger partial charge is 0.422 e. The highest BCUT2D eigenvalue weighted by Crippen LogP contribution is 2.15. The van der Waals surface area contributed by atoms with Crippen molar-refractivity contribution in [2.24, 2.45) is 0 Å². The minimum absolute atomic E-state index is 0.331. The Balaban J connectivity index is 1.95. The molecule has 5 nitrogen and oxygen atoms in total. The fraction of sp³-hybridized carbons (Fsp3) is 0.222. The van der Waals surface area contributed by atoms with Crippen LogP contribution in [-0.4, -0.2) is 11.2 Å². The van der Waals surface area contributed by atoms with Gasteiger partial charge in [-0.3, -0.25) is 4.57 Å². The molecule has 1 heterocycles. The number of rotatable bonds is 5. The van der Waals surface area contributed by atoms with Crippen LogP contribution >= 0.6 is 0 Å². The number of para-hydroxylation sites is 1. The zero-order valence-electron chi connectivity index (χ0n) is 12.8. The SMILES string of the molecule is CCCOc1ccc(Cn2c(=O)oc(=O)c3ccccc32)cc1. The molecule has 0 saturated carbocycles. The molecule has 3 rings (SSSR count). The molecule has 2 aromatic carbocycles. The Morgan fingerprint density at radius 3 is 2.52 bits per heavy atom. The first-order valence-corrected chi connectivity index (χ1v) is 7.53. The van der Waals surface area contributed by atoms with Crippen molar-refractivity contribution in [3.8, 4) is 5.75 Å². The van der Waals surface area contributed by atoms with Crippen LogP contribution in [0.5, 0.6) is 5.75 Å². The highest BCUT2D eigenvalue weighted by Gasteiger charge is 2.09. The summed E-state index contributed by atoms with van der Waals surface area (Å²) in [5.74, 6) is 0.146. The van der Waals surface area contributed by atoms with Crippen LogP contribution in [0.1, 0.15) is 18.9 Å². The lowest BCUT2D eigenvalue weighted by Crippen LogP contribution is -2.25. The fourth-order valence-electron chi connectivity index (χ4n) is 2.41. The van der Waals surface area contributed by atoms with Crippen molar-refractivity contribution < 1.29 is 9.15 Å². The van der Waals surface area contributed by atoms with E-state index in [0.717, 1.165) is 17.7 Å². The van der Waals surface area contributed by atoms with Crippen LogP contribution < -0.4 is 16.1 Å². The van der Waals surface area contributed by atoms with Gasteiger partial charge in [0.05, 0.1) is 24.1 Å². The molecule has 0 aliphatic carbocycles. The summed E-state index contributed by atoms with van der Waals surface area (Å²) < 4.78 is 11.8. The second kappa shape index (κ2) is 6.52. The highest BCUT2D eigenvalue weighted by molar-refractivity contribution is 5.77. The molecule has 118 valence electrons. The zero-order chi connectivity index (χ0) is 16.2. The van der Waals surface area contributed by atoms with E-state index < -0.39 is 11.4 Å². The molecule has 0 amide bonds. The first-order valence-electron chi connectivity index (χ1n) is 7.53. The lowest BCUT2D eigenvalue weighted by atomic mass is 10.2. The third-order valence-electron chi connectivity index (χ3n) is 3.55. The van der Waals surface area contributed by atoms with Gasteiger partial charge < -0.3 is 9.15 Å². The van der Waals surface area contributed by atoms with Crippen LogP contribution in [0.3, 0.4) is 0 Å². The van der Waals surface area contributed by atoms with Crippen molar-refractivity contribution in [1.29, 1.82) is 0 Å². The Bertz CT molecular complexity index is 922. The van der Waals surface area contributed by atoms with Gasteiger partial charge in [-0.1, -0.05) is 31.2 Å². The number of hydrogen-bond donors (Lipinski definition) is 0. The average Bonchev–Trinajstić information content (AvgIpc) is 2.58. The number of aromatic nitrogens is 1. The van der Waals surface area contributed by atoms with Gasteiger partial charge in [-0.15, -0.1) is 0 Å². The monoisotopic (exact) mass is 311 g/mol. The molecule has 0 spiro atoms. The van der Waals surface area contributed by atoms with Crippen molar-refractivity contribution >= 4 is 10.9 Å². The van der Waals surface area contributed by atoms with Crippen LogP contribution in [0.25, 0.3) is 10.9 Å². The summed E-state index contributed by atoms with van der Waals surface area (Å²) in [7, 11) is 0. The molecule has 23 heavy (non-hydrogen) atoms. The number of benzene rings is 2. The Morgan fingerprint density at radius 1 is 1.04 bits per heavy atom. The maximum absolute atomic E-state index is 12.0. The number of ether oxygens (including phenoxy) is 1. The van der Waals surface area contributed by atoms with E-state index in [1.165, 1.54) is 4.57 Å². The molecule has 0 radical (unpaired) electrons. The molecule has 0 unspecified atom stereocenters. The van der Waals surface area contributed by atoms with Crippen LogP contribution in [0.2, 0.25) is 0 Å². The van der Waals surface area contributed by atoms with Gasteiger partial charge in [-0.25, -0.2) is 9.59 Å².